The van der Waals surface area contributed by atoms with E-state index in [4.69, 9.17) is 0 Å². The summed E-state index contributed by atoms with van der Waals surface area (Å²) in [5.41, 5.74) is -0.340. The molecule has 0 unspecified atom stereocenters. The van der Waals surface area contributed by atoms with Crippen molar-refractivity contribution in [2.75, 3.05) is 25.0 Å². The van der Waals surface area contributed by atoms with Gasteiger partial charge < -0.3 is 10.2 Å². The lowest BCUT2D eigenvalue weighted by molar-refractivity contribution is -0.141. The molecule has 1 fully saturated rings. The van der Waals surface area contributed by atoms with Crippen molar-refractivity contribution >= 4 is 11.5 Å². The maximum absolute atomic E-state index is 12.4. The van der Waals surface area contributed by atoms with Gasteiger partial charge in [0.05, 0.1) is 18.4 Å². The van der Waals surface area contributed by atoms with Crippen LogP contribution >= 0.6 is 0 Å². The van der Waals surface area contributed by atoms with E-state index in [-0.39, 0.29) is 5.82 Å². The molecule has 2 aromatic rings. The van der Waals surface area contributed by atoms with Crippen LogP contribution < -0.4 is 5.32 Å². The molecule has 3 heterocycles. The second-order valence-electron chi connectivity index (χ2n) is 5.82. The Labute approximate surface area is 137 Å². The van der Waals surface area contributed by atoms with Crippen molar-refractivity contribution in [3.63, 3.8) is 0 Å². The highest BCUT2D eigenvalue weighted by atomic mass is 19.4. The number of aromatic nitrogens is 4. The Morgan fingerprint density at radius 3 is 2.50 bits per heavy atom. The monoisotopic (exact) mass is 340 g/mol. The number of alkyl halides is 3. The molecular formula is C15H19F3N6. The molecule has 24 heavy (non-hydrogen) atoms. The highest BCUT2D eigenvalue weighted by Crippen LogP contribution is 2.27. The second-order valence-corrected chi connectivity index (χ2v) is 5.82. The lowest BCUT2D eigenvalue weighted by atomic mass is 10.1. The van der Waals surface area contributed by atoms with Crippen LogP contribution in [0.2, 0.25) is 0 Å². The average molecular weight is 340 g/mol. The van der Waals surface area contributed by atoms with Crippen LogP contribution in [-0.2, 0) is 12.7 Å². The molecule has 0 amide bonds. The molecule has 0 spiro atoms. The van der Waals surface area contributed by atoms with E-state index < -0.39 is 11.9 Å². The molecule has 1 aliphatic rings. The fraction of sp³-hybridized carbons (Fsp3) is 0.533. The van der Waals surface area contributed by atoms with Gasteiger partial charge in [0.25, 0.3) is 0 Å². The number of nitrogens with one attached hydrogen (secondary N) is 1. The molecule has 9 heteroatoms. The molecule has 3 rings (SSSR count). The quantitative estimate of drug-likeness (QED) is 0.907. The van der Waals surface area contributed by atoms with E-state index in [0.717, 1.165) is 32.2 Å². The number of rotatable bonds is 5. The minimum absolute atomic E-state index is 0.249. The maximum atomic E-state index is 12.4. The number of piperidine rings is 1. The molecule has 0 atom stereocenters. The van der Waals surface area contributed by atoms with E-state index >= 15 is 0 Å². The van der Waals surface area contributed by atoms with Gasteiger partial charge >= 0.3 is 6.18 Å². The zero-order valence-electron chi connectivity index (χ0n) is 13.1. The Kier molecular flexibility index (Phi) is 4.98. The minimum Gasteiger partial charge on any atom is -0.336 e. The van der Waals surface area contributed by atoms with Crippen LogP contribution in [0.4, 0.5) is 24.7 Å². The van der Waals surface area contributed by atoms with Crippen molar-refractivity contribution in [2.45, 2.75) is 32.0 Å². The van der Waals surface area contributed by atoms with Crippen molar-refractivity contribution in [3.05, 3.63) is 30.2 Å². The number of nitrogens with zero attached hydrogens (tertiary/aromatic N) is 5. The van der Waals surface area contributed by atoms with Gasteiger partial charge in [-0.3, -0.25) is 4.68 Å². The number of hydrogen-bond donors (Lipinski definition) is 1. The summed E-state index contributed by atoms with van der Waals surface area (Å²) in [6.07, 6.45) is 2.75. The second kappa shape index (κ2) is 7.16. The Bertz CT molecular complexity index is 646. The molecule has 2 aromatic heterocycles. The van der Waals surface area contributed by atoms with Gasteiger partial charge in [-0.25, -0.2) is 0 Å². The van der Waals surface area contributed by atoms with Crippen molar-refractivity contribution in [3.8, 4) is 0 Å². The molecule has 0 aromatic carbocycles. The first-order valence-electron chi connectivity index (χ1n) is 7.93. The molecule has 0 aliphatic carbocycles. The SMILES string of the molecule is FC(F)(F)c1ccc(Nc2cnn(CCN3CCCCC3)c2)nn1. The van der Waals surface area contributed by atoms with E-state index in [0.29, 0.717) is 5.69 Å². The Hall–Kier alpha value is -2.16. The van der Waals surface area contributed by atoms with E-state index in [1.165, 1.54) is 25.3 Å². The lowest BCUT2D eigenvalue weighted by Crippen LogP contribution is -2.32. The van der Waals surface area contributed by atoms with E-state index in [1.54, 1.807) is 6.20 Å². The Balaban J connectivity index is 1.53. The summed E-state index contributed by atoms with van der Waals surface area (Å²) in [6.45, 7) is 3.99. The summed E-state index contributed by atoms with van der Waals surface area (Å²) in [7, 11) is 0. The van der Waals surface area contributed by atoms with Crippen LogP contribution in [0.15, 0.2) is 24.5 Å². The molecule has 0 bridgehead atoms. The van der Waals surface area contributed by atoms with Crippen molar-refractivity contribution < 1.29 is 13.2 Å². The zero-order valence-corrected chi connectivity index (χ0v) is 13.1. The smallest absolute Gasteiger partial charge is 0.336 e. The fourth-order valence-electron chi connectivity index (χ4n) is 2.68. The third kappa shape index (κ3) is 4.44. The van der Waals surface area contributed by atoms with Crippen LogP contribution in [0.3, 0.4) is 0 Å². The van der Waals surface area contributed by atoms with E-state index in [9.17, 15) is 13.2 Å². The lowest BCUT2D eigenvalue weighted by Gasteiger charge is -2.26. The highest BCUT2D eigenvalue weighted by Gasteiger charge is 2.32. The third-order valence-electron chi connectivity index (χ3n) is 3.95. The third-order valence-corrected chi connectivity index (χ3v) is 3.95. The van der Waals surface area contributed by atoms with Crippen LogP contribution in [0.5, 0.6) is 0 Å². The average Bonchev–Trinajstić information content (AvgIpc) is 3.01. The number of halogens is 3. The standard InChI is InChI=1S/C15H19F3N6/c16-15(17,18)13-4-5-14(22-21-13)20-12-10-19-24(11-12)9-8-23-6-2-1-3-7-23/h4-5,10-11H,1-3,6-9H2,(H,20,22). The van der Waals surface area contributed by atoms with Gasteiger partial charge in [-0.1, -0.05) is 6.42 Å². The molecular weight excluding hydrogens is 321 g/mol. The van der Waals surface area contributed by atoms with Crippen molar-refractivity contribution in [1.29, 1.82) is 0 Å². The summed E-state index contributed by atoms with van der Waals surface area (Å²) in [4.78, 5) is 2.42. The van der Waals surface area contributed by atoms with E-state index in [1.807, 2.05) is 10.9 Å². The minimum atomic E-state index is -4.48. The first-order chi connectivity index (χ1) is 11.5. The summed E-state index contributed by atoms with van der Waals surface area (Å²) in [6, 6.07) is 2.15. The molecule has 0 saturated carbocycles. The number of hydrogen-bond acceptors (Lipinski definition) is 5. The fourth-order valence-corrected chi connectivity index (χ4v) is 2.68. The highest BCUT2D eigenvalue weighted by molar-refractivity contribution is 5.53. The van der Waals surface area contributed by atoms with Crippen LogP contribution in [0.25, 0.3) is 0 Å². The summed E-state index contributed by atoms with van der Waals surface area (Å²) >= 11 is 0. The topological polar surface area (TPSA) is 58.9 Å². The van der Waals surface area contributed by atoms with Gasteiger partial charge in [0.2, 0.25) is 0 Å². The molecule has 6 nitrogen and oxygen atoms in total. The summed E-state index contributed by atoms with van der Waals surface area (Å²) in [5.74, 6) is 0.249. The number of anilines is 2. The largest absolute Gasteiger partial charge is 0.435 e. The summed E-state index contributed by atoms with van der Waals surface area (Å²) < 4.78 is 39.2. The van der Waals surface area contributed by atoms with Crippen LogP contribution in [0, 0.1) is 0 Å². The zero-order chi connectivity index (χ0) is 17.0. The van der Waals surface area contributed by atoms with Gasteiger partial charge in [-0.2, -0.15) is 18.3 Å². The first kappa shape index (κ1) is 16.7. The predicted molar refractivity (Wildman–Crippen MR) is 82.8 cm³/mol. The van der Waals surface area contributed by atoms with Crippen molar-refractivity contribution in [1.82, 2.24) is 24.9 Å². The van der Waals surface area contributed by atoms with Crippen LogP contribution in [-0.4, -0.2) is 44.5 Å². The van der Waals surface area contributed by atoms with Gasteiger partial charge in [-0.15, -0.1) is 10.2 Å². The Morgan fingerprint density at radius 2 is 1.83 bits per heavy atom. The summed E-state index contributed by atoms with van der Waals surface area (Å²) in [5, 5.41) is 13.9. The molecule has 1 N–H and O–H groups in total. The van der Waals surface area contributed by atoms with Gasteiger partial charge in [0.15, 0.2) is 11.5 Å². The molecule has 1 aliphatic heterocycles. The molecule has 130 valence electrons. The van der Waals surface area contributed by atoms with E-state index in [2.05, 4.69) is 25.5 Å². The Morgan fingerprint density at radius 1 is 1.04 bits per heavy atom. The van der Waals surface area contributed by atoms with Gasteiger partial charge in [0.1, 0.15) is 0 Å². The molecule has 1 saturated heterocycles. The molecule has 0 radical (unpaired) electrons. The maximum Gasteiger partial charge on any atom is 0.435 e. The van der Waals surface area contributed by atoms with Crippen LogP contribution in [0.1, 0.15) is 25.0 Å². The van der Waals surface area contributed by atoms with Crippen molar-refractivity contribution in [2.24, 2.45) is 0 Å². The number of likely N-dealkylation sites (tertiary alicyclic amines) is 1. The van der Waals surface area contributed by atoms with Gasteiger partial charge in [0, 0.05) is 12.7 Å². The predicted octanol–water partition coefficient (Wildman–Crippen LogP) is 2.92. The first-order valence-corrected chi connectivity index (χ1v) is 7.93. The normalized spacial score (nSPS) is 16.3. The van der Waals surface area contributed by atoms with Gasteiger partial charge in [-0.05, 0) is 38.1 Å².